The van der Waals surface area contributed by atoms with Gasteiger partial charge in [0.15, 0.2) is 11.5 Å². The Hall–Kier alpha value is -1.52. The second kappa shape index (κ2) is 5.53. The normalized spacial score (nSPS) is 31.9. The molecule has 5 N–H and O–H groups in total. The van der Waals surface area contributed by atoms with E-state index in [4.69, 9.17) is 5.73 Å². The Kier molecular flexibility index (Phi) is 3.93. The highest BCUT2D eigenvalue weighted by atomic mass is 16.3. The first-order chi connectivity index (χ1) is 10.9. The van der Waals surface area contributed by atoms with Gasteiger partial charge in [-0.2, -0.15) is 0 Å². The van der Waals surface area contributed by atoms with E-state index < -0.39 is 11.0 Å². The average molecular weight is 317 g/mol. The summed E-state index contributed by atoms with van der Waals surface area (Å²) in [5.41, 5.74) is 6.15. The molecule has 0 bridgehead atoms. The van der Waals surface area contributed by atoms with Crippen molar-refractivity contribution >= 4 is 0 Å². The molecule has 4 rings (SSSR count). The van der Waals surface area contributed by atoms with Crippen LogP contribution in [0.4, 0.5) is 0 Å². The maximum atomic E-state index is 10.7. The molecule has 4 nitrogen and oxygen atoms in total. The van der Waals surface area contributed by atoms with Crippen LogP contribution in [0.15, 0.2) is 24.3 Å². The highest BCUT2D eigenvalue weighted by Gasteiger charge is 2.73. The van der Waals surface area contributed by atoms with Gasteiger partial charge in [-0.3, -0.25) is 0 Å². The average Bonchev–Trinajstić information content (AvgIpc) is 3.44. The minimum atomic E-state index is -0.888. The lowest BCUT2D eigenvalue weighted by Crippen LogP contribution is -2.28. The van der Waals surface area contributed by atoms with Gasteiger partial charge in [-0.1, -0.05) is 25.5 Å². The molecule has 0 amide bonds. The lowest BCUT2D eigenvalue weighted by molar-refractivity contribution is 0.0933. The molecule has 3 saturated carbocycles. The molecule has 1 aromatic rings. The summed E-state index contributed by atoms with van der Waals surface area (Å²) in [5.74, 6) is 0.682. The number of aryl methyl sites for hydroxylation is 1. The van der Waals surface area contributed by atoms with Crippen LogP contribution in [-0.2, 0) is 5.41 Å². The lowest BCUT2D eigenvalue weighted by Gasteiger charge is -2.28. The first-order valence-electron chi connectivity index (χ1n) is 8.53. The van der Waals surface area contributed by atoms with Crippen LogP contribution in [0.5, 0.6) is 11.5 Å². The van der Waals surface area contributed by atoms with Gasteiger partial charge in [-0.05, 0) is 62.3 Å². The van der Waals surface area contributed by atoms with Crippen molar-refractivity contribution in [2.24, 2.45) is 11.7 Å². The SMILES string of the molecule is C=C1C2(O)CCCCC12c1c(C)ccc(O)c1O.NCC1CC1. The quantitative estimate of drug-likeness (QED) is 0.499. The third-order valence-corrected chi connectivity index (χ3v) is 5.82. The lowest BCUT2D eigenvalue weighted by atomic mass is 9.78. The van der Waals surface area contributed by atoms with Crippen molar-refractivity contribution in [2.75, 3.05) is 6.54 Å². The summed E-state index contributed by atoms with van der Waals surface area (Å²) >= 11 is 0. The van der Waals surface area contributed by atoms with Crippen molar-refractivity contribution in [2.45, 2.75) is 56.5 Å². The van der Waals surface area contributed by atoms with E-state index in [9.17, 15) is 15.3 Å². The summed E-state index contributed by atoms with van der Waals surface area (Å²) in [5, 5.41) is 30.5. The van der Waals surface area contributed by atoms with Gasteiger partial charge in [0.05, 0.1) is 11.0 Å². The van der Waals surface area contributed by atoms with Gasteiger partial charge in [0.25, 0.3) is 0 Å². The topological polar surface area (TPSA) is 86.7 Å². The Labute approximate surface area is 137 Å². The van der Waals surface area contributed by atoms with Crippen molar-refractivity contribution in [3.05, 3.63) is 35.4 Å². The van der Waals surface area contributed by atoms with Crippen LogP contribution >= 0.6 is 0 Å². The number of phenols is 2. The van der Waals surface area contributed by atoms with E-state index in [0.717, 1.165) is 42.9 Å². The van der Waals surface area contributed by atoms with E-state index in [-0.39, 0.29) is 11.5 Å². The summed E-state index contributed by atoms with van der Waals surface area (Å²) < 4.78 is 0. The molecule has 0 saturated heterocycles. The Morgan fingerprint density at radius 2 is 1.87 bits per heavy atom. The van der Waals surface area contributed by atoms with Gasteiger partial charge in [0.1, 0.15) is 0 Å². The van der Waals surface area contributed by atoms with Crippen LogP contribution < -0.4 is 5.73 Å². The molecule has 0 aliphatic heterocycles. The van der Waals surface area contributed by atoms with Crippen molar-refractivity contribution in [3.8, 4) is 11.5 Å². The minimum absolute atomic E-state index is 0.103. The number of hydrogen-bond donors (Lipinski definition) is 4. The molecule has 3 aliphatic rings. The fourth-order valence-electron chi connectivity index (χ4n) is 4.12. The van der Waals surface area contributed by atoms with Crippen LogP contribution in [0, 0.1) is 12.8 Å². The highest BCUT2D eigenvalue weighted by molar-refractivity contribution is 5.68. The smallest absolute Gasteiger partial charge is 0.161 e. The minimum Gasteiger partial charge on any atom is -0.504 e. The predicted molar refractivity (Wildman–Crippen MR) is 90.5 cm³/mol. The maximum Gasteiger partial charge on any atom is 0.161 e. The Morgan fingerprint density at radius 1 is 1.22 bits per heavy atom. The third-order valence-electron chi connectivity index (χ3n) is 5.82. The largest absolute Gasteiger partial charge is 0.504 e. The van der Waals surface area contributed by atoms with Crippen molar-refractivity contribution in [1.82, 2.24) is 0 Å². The molecule has 2 atom stereocenters. The van der Waals surface area contributed by atoms with Gasteiger partial charge >= 0.3 is 0 Å². The van der Waals surface area contributed by atoms with Gasteiger partial charge in [-0.15, -0.1) is 0 Å². The molecule has 0 aromatic heterocycles. The molecule has 1 aromatic carbocycles. The number of fused-ring (bicyclic) bond motifs is 1. The molecule has 126 valence electrons. The molecule has 2 unspecified atom stereocenters. The first kappa shape index (κ1) is 16.3. The van der Waals surface area contributed by atoms with Crippen LogP contribution in [0.25, 0.3) is 0 Å². The van der Waals surface area contributed by atoms with E-state index in [0.29, 0.717) is 12.0 Å². The molecule has 23 heavy (non-hydrogen) atoms. The maximum absolute atomic E-state index is 10.7. The van der Waals surface area contributed by atoms with Gasteiger partial charge in [-0.25, -0.2) is 0 Å². The van der Waals surface area contributed by atoms with E-state index in [1.807, 2.05) is 6.92 Å². The third kappa shape index (κ3) is 2.36. The number of aromatic hydroxyl groups is 2. The molecule has 4 heteroatoms. The zero-order chi connectivity index (χ0) is 16.8. The molecule has 3 fully saturated rings. The van der Waals surface area contributed by atoms with Crippen molar-refractivity contribution in [1.29, 1.82) is 0 Å². The zero-order valence-electron chi connectivity index (χ0n) is 13.8. The molecular formula is C19H27NO3. The van der Waals surface area contributed by atoms with E-state index >= 15 is 0 Å². The van der Waals surface area contributed by atoms with Crippen LogP contribution in [-0.4, -0.2) is 27.5 Å². The number of hydrogen-bond acceptors (Lipinski definition) is 4. The summed E-state index contributed by atoms with van der Waals surface area (Å²) in [6, 6.07) is 3.26. The summed E-state index contributed by atoms with van der Waals surface area (Å²) in [4.78, 5) is 0. The standard InChI is InChI=1S/C15H18O3.C4H9N/c1-9-5-6-11(16)13(17)12(9)14-7-3-4-8-15(14,18)10(14)2;5-3-4-1-2-4/h5-6,16-18H,2-4,7-8H2,1H3;4H,1-3,5H2. The van der Waals surface area contributed by atoms with Crippen molar-refractivity contribution in [3.63, 3.8) is 0 Å². The number of benzene rings is 1. The summed E-state index contributed by atoms with van der Waals surface area (Å²) in [6.45, 7) is 6.81. The van der Waals surface area contributed by atoms with Crippen LogP contribution in [0.1, 0.15) is 49.7 Å². The second-order valence-electron chi connectivity index (χ2n) is 7.26. The molecule has 3 aliphatic carbocycles. The van der Waals surface area contributed by atoms with E-state index in [2.05, 4.69) is 6.58 Å². The van der Waals surface area contributed by atoms with Crippen molar-refractivity contribution < 1.29 is 15.3 Å². The number of nitrogens with two attached hydrogens (primary N) is 1. The Balaban J connectivity index is 0.000000267. The van der Waals surface area contributed by atoms with Crippen LogP contribution in [0.3, 0.4) is 0 Å². The Morgan fingerprint density at radius 3 is 2.39 bits per heavy atom. The van der Waals surface area contributed by atoms with Gasteiger partial charge in [0.2, 0.25) is 0 Å². The molecular weight excluding hydrogens is 290 g/mol. The monoisotopic (exact) mass is 317 g/mol. The van der Waals surface area contributed by atoms with Crippen LogP contribution in [0.2, 0.25) is 0 Å². The number of aliphatic hydroxyl groups is 1. The van der Waals surface area contributed by atoms with Gasteiger partial charge < -0.3 is 21.1 Å². The second-order valence-corrected chi connectivity index (χ2v) is 7.26. The molecule has 0 radical (unpaired) electrons. The zero-order valence-corrected chi connectivity index (χ0v) is 13.8. The van der Waals surface area contributed by atoms with E-state index in [1.165, 1.54) is 18.9 Å². The molecule has 0 spiro atoms. The highest BCUT2D eigenvalue weighted by Crippen LogP contribution is 2.71. The first-order valence-corrected chi connectivity index (χ1v) is 8.53. The fraction of sp³-hybridized carbons (Fsp3) is 0.579. The number of rotatable bonds is 2. The predicted octanol–water partition coefficient (Wildman–Crippen LogP) is 2.87. The number of phenolic OH excluding ortho intramolecular Hbond substituents is 2. The fourth-order valence-corrected chi connectivity index (χ4v) is 4.12. The molecule has 0 heterocycles. The summed E-state index contributed by atoms with van der Waals surface area (Å²) in [6.07, 6.45) is 6.25. The Bertz CT molecular complexity index is 638. The van der Waals surface area contributed by atoms with Gasteiger partial charge in [0, 0.05) is 5.56 Å². The summed E-state index contributed by atoms with van der Waals surface area (Å²) in [7, 11) is 0. The van der Waals surface area contributed by atoms with E-state index in [1.54, 1.807) is 6.07 Å².